The van der Waals surface area contributed by atoms with Gasteiger partial charge in [-0.05, 0) is 59.8 Å². The molecule has 31 heavy (non-hydrogen) atoms. The molecule has 1 fully saturated rings. The van der Waals surface area contributed by atoms with Gasteiger partial charge in [0, 0.05) is 34.9 Å². The van der Waals surface area contributed by atoms with Crippen LogP contribution in [0.5, 0.6) is 0 Å². The summed E-state index contributed by atoms with van der Waals surface area (Å²) >= 11 is 3.69. The number of halogens is 1. The van der Waals surface area contributed by atoms with E-state index in [1.807, 2.05) is 17.0 Å². The third-order valence-electron chi connectivity index (χ3n) is 6.62. The van der Waals surface area contributed by atoms with Crippen molar-refractivity contribution >= 4 is 27.5 Å². The predicted octanol–water partition coefficient (Wildman–Crippen LogP) is 8.58. The zero-order valence-electron chi connectivity index (χ0n) is 20.1. The number of nitrogens with zero attached hydrogens (tertiary/aromatic N) is 1. The van der Waals surface area contributed by atoms with Gasteiger partial charge < -0.3 is 10.2 Å². The van der Waals surface area contributed by atoms with Gasteiger partial charge in [-0.15, -0.1) is 0 Å². The lowest BCUT2D eigenvalue weighted by Gasteiger charge is -2.20. The summed E-state index contributed by atoms with van der Waals surface area (Å²) in [5, 5.41) is 3.70. The lowest BCUT2D eigenvalue weighted by Crippen LogP contribution is -2.27. The second-order valence-electron chi connectivity index (χ2n) is 9.27. The van der Waals surface area contributed by atoms with Crippen LogP contribution in [0.15, 0.2) is 22.7 Å². The highest BCUT2D eigenvalue weighted by molar-refractivity contribution is 9.10. The first-order valence-corrected chi connectivity index (χ1v) is 13.8. The van der Waals surface area contributed by atoms with Gasteiger partial charge in [0.2, 0.25) is 0 Å². The Hall–Kier alpha value is -1.03. The van der Waals surface area contributed by atoms with Crippen LogP contribution in [0.1, 0.15) is 121 Å². The minimum Gasteiger partial charge on any atom is -0.381 e. The summed E-state index contributed by atoms with van der Waals surface area (Å²) in [4.78, 5) is 14.6. The fourth-order valence-corrected chi connectivity index (χ4v) is 5.01. The molecule has 3 nitrogen and oxygen atoms in total. The molecular weight excluding hydrogens is 448 g/mol. The van der Waals surface area contributed by atoms with Crippen molar-refractivity contribution in [3.05, 3.63) is 28.2 Å². The maximum absolute atomic E-state index is 12.6. The number of anilines is 1. The largest absolute Gasteiger partial charge is 0.381 e. The van der Waals surface area contributed by atoms with E-state index in [0.29, 0.717) is 6.04 Å². The van der Waals surface area contributed by atoms with E-state index < -0.39 is 0 Å². The first-order valence-electron chi connectivity index (χ1n) is 13.0. The van der Waals surface area contributed by atoms with Crippen LogP contribution in [-0.4, -0.2) is 29.9 Å². The number of nitrogens with one attached hydrogen (secondary N) is 1. The molecule has 0 aromatic heterocycles. The summed E-state index contributed by atoms with van der Waals surface area (Å²) in [5.41, 5.74) is 1.89. The van der Waals surface area contributed by atoms with Crippen LogP contribution in [-0.2, 0) is 0 Å². The van der Waals surface area contributed by atoms with Gasteiger partial charge in [-0.25, -0.2) is 0 Å². The molecule has 1 aliphatic heterocycles. The van der Waals surface area contributed by atoms with Crippen LogP contribution in [0.2, 0.25) is 0 Å². The number of hydrogen-bond donors (Lipinski definition) is 1. The molecule has 4 heteroatoms. The molecule has 0 radical (unpaired) electrons. The Balaban J connectivity index is 1.63. The first-order chi connectivity index (χ1) is 15.2. The lowest BCUT2D eigenvalue weighted by molar-refractivity contribution is 0.0793. The Bertz CT molecular complexity index is 628. The predicted molar refractivity (Wildman–Crippen MR) is 138 cm³/mol. The fourth-order valence-electron chi connectivity index (χ4n) is 4.52. The van der Waals surface area contributed by atoms with Crippen LogP contribution in [0, 0.1) is 0 Å². The van der Waals surface area contributed by atoms with Gasteiger partial charge in [0.25, 0.3) is 5.91 Å². The molecule has 1 amide bonds. The van der Waals surface area contributed by atoms with Crippen molar-refractivity contribution in [1.82, 2.24) is 4.90 Å². The monoisotopic (exact) mass is 492 g/mol. The number of hydrogen-bond acceptors (Lipinski definition) is 2. The number of unbranched alkanes of at least 4 members (excludes halogenated alkanes) is 10. The Morgan fingerprint density at radius 3 is 2.06 bits per heavy atom. The van der Waals surface area contributed by atoms with E-state index in [2.05, 4.69) is 41.2 Å². The molecule has 1 unspecified atom stereocenters. The van der Waals surface area contributed by atoms with Crippen molar-refractivity contribution < 1.29 is 4.79 Å². The van der Waals surface area contributed by atoms with Crippen molar-refractivity contribution in [2.75, 3.05) is 18.4 Å². The molecule has 0 saturated carbocycles. The van der Waals surface area contributed by atoms with Gasteiger partial charge in [0.1, 0.15) is 0 Å². The van der Waals surface area contributed by atoms with Crippen molar-refractivity contribution in [3.8, 4) is 0 Å². The van der Waals surface area contributed by atoms with Crippen molar-refractivity contribution in [2.45, 2.75) is 116 Å². The van der Waals surface area contributed by atoms with Crippen LogP contribution in [0.4, 0.5) is 5.69 Å². The Kier molecular flexibility index (Phi) is 13.3. The maximum Gasteiger partial charge on any atom is 0.253 e. The molecule has 1 N–H and O–H groups in total. The van der Waals surface area contributed by atoms with Gasteiger partial charge in [-0.2, -0.15) is 0 Å². The molecule has 2 rings (SSSR count). The summed E-state index contributed by atoms with van der Waals surface area (Å²) in [5.74, 6) is 0.165. The van der Waals surface area contributed by atoms with E-state index in [1.54, 1.807) is 0 Å². The molecule has 176 valence electrons. The van der Waals surface area contributed by atoms with Gasteiger partial charge in [0.15, 0.2) is 0 Å². The molecule has 1 aliphatic rings. The third kappa shape index (κ3) is 9.97. The molecule has 1 heterocycles. The highest BCUT2D eigenvalue weighted by Gasteiger charge is 2.20. The molecule has 1 atom stereocenters. The lowest BCUT2D eigenvalue weighted by atomic mass is 10.0. The van der Waals surface area contributed by atoms with E-state index in [0.717, 1.165) is 48.1 Å². The SMILES string of the molecule is CCCCCCCCCCCCCC(CC)Nc1ccc(C(=O)N2CCCC2)cc1Br. The van der Waals surface area contributed by atoms with E-state index in [1.165, 1.54) is 77.0 Å². The minimum absolute atomic E-state index is 0.165. The number of likely N-dealkylation sites (tertiary alicyclic amines) is 1. The van der Waals surface area contributed by atoms with E-state index in [-0.39, 0.29) is 5.91 Å². The average molecular weight is 494 g/mol. The molecular formula is C27H45BrN2O. The first kappa shape index (κ1) is 26.2. The minimum atomic E-state index is 0.165. The zero-order chi connectivity index (χ0) is 22.3. The fraction of sp³-hybridized carbons (Fsp3) is 0.741. The highest BCUT2D eigenvalue weighted by atomic mass is 79.9. The summed E-state index contributed by atoms with van der Waals surface area (Å²) in [6.45, 7) is 6.33. The number of benzene rings is 1. The molecule has 0 bridgehead atoms. The Morgan fingerprint density at radius 2 is 1.52 bits per heavy atom. The van der Waals surface area contributed by atoms with Gasteiger partial charge in [-0.1, -0.05) is 84.5 Å². The number of amides is 1. The smallest absolute Gasteiger partial charge is 0.253 e. The topological polar surface area (TPSA) is 32.3 Å². The normalized spacial score (nSPS) is 14.7. The quantitative estimate of drug-likeness (QED) is 0.234. The van der Waals surface area contributed by atoms with Crippen molar-refractivity contribution in [3.63, 3.8) is 0 Å². The summed E-state index contributed by atoms with van der Waals surface area (Å²) in [7, 11) is 0. The molecule has 1 aromatic carbocycles. The number of carbonyl (C=O) groups excluding carboxylic acids is 1. The standard InChI is InChI=1S/C27H45BrN2O/c1-3-5-6-7-8-9-10-11-12-13-14-17-24(4-2)29-26-19-18-23(22-25(26)28)27(31)30-20-15-16-21-30/h18-19,22,24,29H,3-17,20-21H2,1-2H3. The van der Waals surface area contributed by atoms with E-state index in [4.69, 9.17) is 0 Å². The van der Waals surface area contributed by atoms with Gasteiger partial charge in [0.05, 0.1) is 0 Å². The van der Waals surface area contributed by atoms with Gasteiger partial charge in [-0.3, -0.25) is 4.79 Å². The van der Waals surface area contributed by atoms with Crippen LogP contribution < -0.4 is 5.32 Å². The van der Waals surface area contributed by atoms with Crippen LogP contribution in [0.3, 0.4) is 0 Å². The maximum atomic E-state index is 12.6. The average Bonchev–Trinajstić information content (AvgIpc) is 3.32. The van der Waals surface area contributed by atoms with Crippen molar-refractivity contribution in [1.29, 1.82) is 0 Å². The van der Waals surface area contributed by atoms with Crippen LogP contribution in [0.25, 0.3) is 0 Å². The van der Waals surface area contributed by atoms with Crippen LogP contribution >= 0.6 is 15.9 Å². The molecule has 1 saturated heterocycles. The summed E-state index contributed by atoms with van der Waals surface area (Å²) in [6, 6.07) is 6.52. The summed E-state index contributed by atoms with van der Waals surface area (Å²) < 4.78 is 0.995. The second kappa shape index (κ2) is 15.7. The number of carbonyl (C=O) groups is 1. The summed E-state index contributed by atoms with van der Waals surface area (Å²) in [6.07, 6.45) is 19.9. The van der Waals surface area contributed by atoms with Gasteiger partial charge >= 0.3 is 0 Å². The molecule has 1 aromatic rings. The highest BCUT2D eigenvalue weighted by Crippen LogP contribution is 2.27. The van der Waals surface area contributed by atoms with Crippen molar-refractivity contribution in [2.24, 2.45) is 0 Å². The van der Waals surface area contributed by atoms with E-state index in [9.17, 15) is 4.79 Å². The third-order valence-corrected chi connectivity index (χ3v) is 7.27. The van der Waals surface area contributed by atoms with E-state index >= 15 is 0 Å². The zero-order valence-corrected chi connectivity index (χ0v) is 21.6. The second-order valence-corrected chi connectivity index (χ2v) is 10.1. The molecule has 0 aliphatic carbocycles. The Morgan fingerprint density at radius 1 is 0.935 bits per heavy atom. The number of rotatable bonds is 16. The molecule has 0 spiro atoms. The Labute approximate surface area is 199 Å².